The molecule has 1 N–H and O–H groups in total. The van der Waals surface area contributed by atoms with E-state index in [1.54, 1.807) is 0 Å². The normalized spacial score (nSPS) is 10.6. The molecule has 0 aromatic heterocycles. The molecule has 2 aromatic rings. The van der Waals surface area contributed by atoms with E-state index in [9.17, 15) is 5.11 Å². The van der Waals surface area contributed by atoms with Crippen LogP contribution in [0, 0.1) is 0 Å². The van der Waals surface area contributed by atoms with Crippen molar-refractivity contribution in [3.63, 3.8) is 0 Å². The average molecular weight is 258 g/mol. The third-order valence-corrected chi connectivity index (χ3v) is 3.06. The predicted molar refractivity (Wildman–Crippen MR) is 58.3 cm³/mol. The fraction of sp³-hybridized carbons (Fsp3) is 0. The van der Waals surface area contributed by atoms with Crippen LogP contribution in [0.4, 0.5) is 0 Å². The van der Waals surface area contributed by atoms with E-state index in [1.165, 1.54) is 6.07 Å². The number of rotatable bonds is 0. The molecule has 66 valence electrons. The summed E-state index contributed by atoms with van der Waals surface area (Å²) in [5, 5.41) is 11.9. The minimum absolute atomic E-state index is 0.170. The molecule has 13 heavy (non-hydrogen) atoms. The standard InChI is InChI=1S/C10H6BrClO/c11-10-7-4-2-1-3-6(7)8(12)5-9(10)13/h1-5,13H. The molecule has 2 rings (SSSR count). The third-order valence-electron chi connectivity index (χ3n) is 1.91. The van der Waals surface area contributed by atoms with Crippen molar-refractivity contribution in [2.75, 3.05) is 0 Å². The number of aromatic hydroxyl groups is 1. The van der Waals surface area contributed by atoms with E-state index in [4.69, 9.17) is 11.6 Å². The molecule has 1 nitrogen and oxygen atoms in total. The summed E-state index contributed by atoms with van der Waals surface area (Å²) in [5.74, 6) is 0.170. The quantitative estimate of drug-likeness (QED) is 0.757. The molecule has 3 heteroatoms. The molecule has 0 saturated carbocycles. The summed E-state index contributed by atoms with van der Waals surface area (Å²) in [6.45, 7) is 0. The number of hydrogen-bond donors (Lipinski definition) is 1. The Bertz CT molecular complexity index is 468. The maximum atomic E-state index is 9.47. The first-order valence-corrected chi connectivity index (χ1v) is 4.93. The van der Waals surface area contributed by atoms with Gasteiger partial charge in [-0.05, 0) is 15.9 Å². The molecule has 0 aliphatic rings. The highest BCUT2D eigenvalue weighted by molar-refractivity contribution is 9.10. The minimum Gasteiger partial charge on any atom is -0.507 e. The second-order valence-electron chi connectivity index (χ2n) is 2.74. The highest BCUT2D eigenvalue weighted by Gasteiger charge is 2.06. The van der Waals surface area contributed by atoms with Crippen LogP contribution < -0.4 is 0 Å². The van der Waals surface area contributed by atoms with Crippen molar-refractivity contribution in [3.8, 4) is 5.75 Å². The highest BCUT2D eigenvalue weighted by Crippen LogP contribution is 2.36. The summed E-state index contributed by atoms with van der Waals surface area (Å²) >= 11 is 9.26. The van der Waals surface area contributed by atoms with Gasteiger partial charge in [0.15, 0.2) is 0 Å². The van der Waals surface area contributed by atoms with Gasteiger partial charge < -0.3 is 5.11 Å². The number of phenolic OH excluding ortho intramolecular Hbond substituents is 1. The number of fused-ring (bicyclic) bond motifs is 1. The smallest absolute Gasteiger partial charge is 0.131 e. The van der Waals surface area contributed by atoms with E-state index in [-0.39, 0.29) is 5.75 Å². The molecular formula is C10H6BrClO. The molecule has 0 bridgehead atoms. The molecule has 0 atom stereocenters. The molecule has 0 amide bonds. The average Bonchev–Trinajstić information content (AvgIpc) is 2.15. The zero-order valence-electron chi connectivity index (χ0n) is 6.59. The fourth-order valence-electron chi connectivity index (χ4n) is 1.28. The second kappa shape index (κ2) is 3.20. The lowest BCUT2D eigenvalue weighted by atomic mass is 10.1. The zero-order chi connectivity index (χ0) is 9.42. The van der Waals surface area contributed by atoms with Crippen LogP contribution >= 0.6 is 27.5 Å². The summed E-state index contributed by atoms with van der Waals surface area (Å²) in [4.78, 5) is 0. The Morgan fingerprint density at radius 1 is 1.15 bits per heavy atom. The monoisotopic (exact) mass is 256 g/mol. The number of phenols is 1. The first-order chi connectivity index (χ1) is 6.20. The van der Waals surface area contributed by atoms with E-state index < -0.39 is 0 Å². The van der Waals surface area contributed by atoms with Crippen molar-refractivity contribution >= 4 is 38.3 Å². The third kappa shape index (κ3) is 1.40. The SMILES string of the molecule is Oc1cc(Cl)c2ccccc2c1Br. The molecular weight excluding hydrogens is 251 g/mol. The molecule has 0 fully saturated rings. The summed E-state index contributed by atoms with van der Waals surface area (Å²) in [5.41, 5.74) is 0. The van der Waals surface area contributed by atoms with Crippen molar-refractivity contribution in [1.82, 2.24) is 0 Å². The molecule has 0 aliphatic carbocycles. The molecule has 0 unspecified atom stereocenters. The molecule has 0 radical (unpaired) electrons. The van der Waals surface area contributed by atoms with Gasteiger partial charge in [-0.3, -0.25) is 0 Å². The van der Waals surface area contributed by atoms with Crippen LogP contribution in [0.1, 0.15) is 0 Å². The minimum atomic E-state index is 0.170. The second-order valence-corrected chi connectivity index (χ2v) is 3.94. The van der Waals surface area contributed by atoms with E-state index in [1.807, 2.05) is 24.3 Å². The van der Waals surface area contributed by atoms with Crippen LogP contribution in [0.5, 0.6) is 5.75 Å². The van der Waals surface area contributed by atoms with Gasteiger partial charge >= 0.3 is 0 Å². The fourth-order valence-corrected chi connectivity index (χ4v) is 2.01. The summed E-state index contributed by atoms with van der Waals surface area (Å²) in [6, 6.07) is 9.18. The van der Waals surface area contributed by atoms with Crippen LogP contribution in [0.15, 0.2) is 34.8 Å². The molecule has 0 spiro atoms. The van der Waals surface area contributed by atoms with Gasteiger partial charge in [0, 0.05) is 16.8 Å². The topological polar surface area (TPSA) is 20.2 Å². The van der Waals surface area contributed by atoms with Crippen LogP contribution in [-0.2, 0) is 0 Å². The number of benzene rings is 2. The molecule has 0 heterocycles. The Hall–Kier alpha value is -0.730. The van der Waals surface area contributed by atoms with Gasteiger partial charge in [-0.1, -0.05) is 35.9 Å². The molecule has 0 saturated heterocycles. The lowest BCUT2D eigenvalue weighted by molar-refractivity contribution is 0.473. The highest BCUT2D eigenvalue weighted by atomic mass is 79.9. The van der Waals surface area contributed by atoms with Gasteiger partial charge in [-0.15, -0.1) is 0 Å². The Kier molecular flexibility index (Phi) is 2.18. The summed E-state index contributed by atoms with van der Waals surface area (Å²) in [7, 11) is 0. The Balaban J connectivity index is 2.97. The maximum Gasteiger partial charge on any atom is 0.131 e. The molecule has 2 aromatic carbocycles. The van der Waals surface area contributed by atoms with Crippen molar-refractivity contribution in [2.24, 2.45) is 0 Å². The molecule has 0 aliphatic heterocycles. The van der Waals surface area contributed by atoms with Crippen molar-refractivity contribution in [3.05, 3.63) is 39.8 Å². The van der Waals surface area contributed by atoms with Crippen molar-refractivity contribution < 1.29 is 5.11 Å². The van der Waals surface area contributed by atoms with Gasteiger partial charge in [0.25, 0.3) is 0 Å². The van der Waals surface area contributed by atoms with Crippen LogP contribution in [0.3, 0.4) is 0 Å². The van der Waals surface area contributed by atoms with Gasteiger partial charge in [0.2, 0.25) is 0 Å². The lowest BCUT2D eigenvalue weighted by Crippen LogP contribution is -1.77. The summed E-state index contributed by atoms with van der Waals surface area (Å²) < 4.78 is 0.688. The van der Waals surface area contributed by atoms with Crippen LogP contribution in [0.25, 0.3) is 10.8 Å². The van der Waals surface area contributed by atoms with Gasteiger partial charge in [-0.25, -0.2) is 0 Å². The van der Waals surface area contributed by atoms with E-state index in [0.717, 1.165) is 10.8 Å². The van der Waals surface area contributed by atoms with Crippen molar-refractivity contribution in [2.45, 2.75) is 0 Å². The Labute approximate surface area is 89.1 Å². The summed E-state index contributed by atoms with van der Waals surface area (Å²) in [6.07, 6.45) is 0. The van der Waals surface area contributed by atoms with Gasteiger partial charge in [0.1, 0.15) is 5.75 Å². The first kappa shape index (κ1) is 8.85. The predicted octanol–water partition coefficient (Wildman–Crippen LogP) is 3.96. The Morgan fingerprint density at radius 2 is 1.77 bits per heavy atom. The van der Waals surface area contributed by atoms with Gasteiger partial charge in [-0.2, -0.15) is 0 Å². The number of hydrogen-bond acceptors (Lipinski definition) is 1. The van der Waals surface area contributed by atoms with Gasteiger partial charge in [0.05, 0.1) is 9.50 Å². The Morgan fingerprint density at radius 3 is 2.46 bits per heavy atom. The lowest BCUT2D eigenvalue weighted by Gasteiger charge is -2.04. The number of halogens is 2. The van der Waals surface area contributed by atoms with E-state index in [2.05, 4.69) is 15.9 Å². The van der Waals surface area contributed by atoms with Crippen LogP contribution in [0.2, 0.25) is 5.02 Å². The van der Waals surface area contributed by atoms with Crippen LogP contribution in [-0.4, -0.2) is 5.11 Å². The van der Waals surface area contributed by atoms with Crippen molar-refractivity contribution in [1.29, 1.82) is 0 Å². The largest absolute Gasteiger partial charge is 0.507 e. The zero-order valence-corrected chi connectivity index (χ0v) is 8.93. The van der Waals surface area contributed by atoms with E-state index >= 15 is 0 Å². The van der Waals surface area contributed by atoms with E-state index in [0.29, 0.717) is 9.50 Å². The first-order valence-electron chi connectivity index (χ1n) is 3.76. The maximum absolute atomic E-state index is 9.47.